The normalized spacial score (nSPS) is 12.1. The molecule has 4 nitrogen and oxygen atoms in total. The smallest absolute Gasteiger partial charge is 0.146 e. The largest absolute Gasteiger partial charge is 0.455 e. The molecule has 19 aromatic rings. The highest BCUT2D eigenvalue weighted by molar-refractivity contribution is 7.26. The van der Waals surface area contributed by atoms with Gasteiger partial charge in [-0.25, -0.2) is 9.97 Å². The van der Waals surface area contributed by atoms with Crippen molar-refractivity contribution >= 4 is 162 Å². The van der Waals surface area contributed by atoms with Crippen LogP contribution in [-0.4, -0.2) is 9.97 Å². The van der Waals surface area contributed by atoms with E-state index in [0.29, 0.717) is 0 Å². The number of nitrogens with zero attached hydrogens (tertiary/aromatic N) is 2. The summed E-state index contributed by atoms with van der Waals surface area (Å²) in [6.45, 7) is 0. The fourth-order valence-electron chi connectivity index (χ4n) is 13.7. The highest BCUT2D eigenvalue weighted by Gasteiger charge is 2.24. The zero-order valence-electron chi connectivity index (χ0n) is 44.5. The molecule has 0 amide bonds. The fourth-order valence-corrected chi connectivity index (χ4v) is 14.9. The van der Waals surface area contributed by atoms with Crippen molar-refractivity contribution in [2.75, 3.05) is 0 Å². The summed E-state index contributed by atoms with van der Waals surface area (Å²) in [4.78, 5) is 11.0. The number of rotatable bonds is 3. The van der Waals surface area contributed by atoms with Gasteiger partial charge in [0.05, 0.1) is 33.2 Å². The minimum absolute atomic E-state index is 0.899. The maximum Gasteiger partial charge on any atom is 0.146 e. The molecule has 83 heavy (non-hydrogen) atoms. The first-order valence-corrected chi connectivity index (χ1v) is 29.0. The molecule has 0 bridgehead atoms. The molecule has 5 heterocycles. The Morgan fingerprint density at radius 1 is 0.265 bits per heavy atom. The zero-order valence-corrected chi connectivity index (χ0v) is 45.3. The Morgan fingerprint density at radius 2 is 0.699 bits per heavy atom. The molecule has 14 aromatic carbocycles. The first-order valence-electron chi connectivity index (χ1n) is 28.2. The number of hydrogen-bond acceptors (Lipinski definition) is 5. The van der Waals surface area contributed by atoms with Crippen molar-refractivity contribution in [1.29, 1.82) is 0 Å². The van der Waals surface area contributed by atoms with Gasteiger partial charge in [0.1, 0.15) is 22.3 Å². The second-order valence-electron chi connectivity index (χ2n) is 21.7. The summed E-state index contributed by atoms with van der Waals surface area (Å²) in [5.74, 6) is 0. The highest BCUT2D eigenvalue weighted by atomic mass is 32.1. The molecule has 5 aromatic heterocycles. The van der Waals surface area contributed by atoms with E-state index >= 15 is 0 Å². The molecule has 0 aliphatic heterocycles. The number of hydrogen-bond donors (Lipinski definition) is 0. The Hall–Kier alpha value is -10.7. The van der Waals surface area contributed by atoms with E-state index in [1.807, 2.05) is 23.5 Å². The summed E-state index contributed by atoms with van der Waals surface area (Å²) in [7, 11) is 0. The Labute approximate surface area is 478 Å². The standard InChI is InChI=1S/C41H23NOS.C37H21NO/c1-4-17-31-28(14-1)36-33-18-5-7-21-34(33)43-40(36)37-29-15-2-3-16-30(29)38(42-39(31)37)25-12-9-11-24(23-25)26-19-10-20-32-27-13-6-8-22-35(27)44-41(26)32;1-2-12-23-22(11-1)21-31(25-14-4-3-13-24(23)25)35-28-17-7-6-16-27(28)34-36(38-35)29-18-8-5-15-26(29)33-30-19-9-10-20-32(30)39-37(33)34/h1-23H;1-21H. The zero-order chi connectivity index (χ0) is 54.3. The average molecular weight is 1070 g/mol. The van der Waals surface area contributed by atoms with Gasteiger partial charge in [0.15, 0.2) is 0 Å². The van der Waals surface area contributed by atoms with Crippen LogP contribution in [0.3, 0.4) is 0 Å². The van der Waals surface area contributed by atoms with E-state index < -0.39 is 0 Å². The van der Waals surface area contributed by atoms with Gasteiger partial charge in [-0.05, 0) is 84.5 Å². The van der Waals surface area contributed by atoms with Crippen LogP contribution in [-0.2, 0) is 0 Å². The van der Waals surface area contributed by atoms with Crippen LogP contribution in [0, 0.1) is 0 Å². The van der Waals surface area contributed by atoms with E-state index in [0.717, 1.165) is 121 Å². The predicted molar refractivity (Wildman–Crippen MR) is 352 cm³/mol. The van der Waals surface area contributed by atoms with Gasteiger partial charge in [-0.2, -0.15) is 0 Å². The molecular formula is C78H44N2O2S. The van der Waals surface area contributed by atoms with Gasteiger partial charge in [-0.3, -0.25) is 0 Å². The topological polar surface area (TPSA) is 52.1 Å². The third-order valence-electron chi connectivity index (χ3n) is 17.2. The van der Waals surface area contributed by atoms with E-state index in [2.05, 4.69) is 255 Å². The Balaban J connectivity index is 0.000000128. The molecule has 5 heteroatoms. The van der Waals surface area contributed by atoms with Crippen molar-refractivity contribution in [3.63, 3.8) is 0 Å². The first-order chi connectivity index (χ1) is 41.2. The molecule has 0 fully saturated rings. The van der Waals surface area contributed by atoms with Crippen LogP contribution in [0.5, 0.6) is 0 Å². The third kappa shape index (κ3) is 6.80. The lowest BCUT2D eigenvalue weighted by Gasteiger charge is -2.15. The minimum Gasteiger partial charge on any atom is -0.455 e. The summed E-state index contributed by atoms with van der Waals surface area (Å²) < 4.78 is 15.9. The summed E-state index contributed by atoms with van der Waals surface area (Å²) in [6, 6.07) is 95.0. The van der Waals surface area contributed by atoms with Gasteiger partial charge in [0, 0.05) is 74.4 Å². The number of aromatic nitrogens is 2. The number of pyridine rings is 2. The number of benzene rings is 14. The van der Waals surface area contributed by atoms with Gasteiger partial charge in [0.25, 0.3) is 0 Å². The maximum absolute atomic E-state index is 6.63. The summed E-state index contributed by atoms with van der Waals surface area (Å²) in [5.41, 5.74) is 12.2. The molecule has 0 saturated heterocycles. The molecule has 0 unspecified atom stereocenters. The van der Waals surface area contributed by atoms with Gasteiger partial charge in [0.2, 0.25) is 0 Å². The van der Waals surface area contributed by atoms with E-state index in [1.165, 1.54) is 63.6 Å². The summed E-state index contributed by atoms with van der Waals surface area (Å²) in [5, 5.41) is 23.5. The second-order valence-corrected chi connectivity index (χ2v) is 22.8. The molecule has 0 radical (unpaired) electrons. The maximum atomic E-state index is 6.63. The van der Waals surface area contributed by atoms with Crippen LogP contribution < -0.4 is 0 Å². The molecule has 0 aliphatic carbocycles. The lowest BCUT2D eigenvalue weighted by molar-refractivity contribution is 0.672. The van der Waals surface area contributed by atoms with Crippen LogP contribution in [0.2, 0.25) is 0 Å². The van der Waals surface area contributed by atoms with Gasteiger partial charge in [-0.15, -0.1) is 11.3 Å². The lowest BCUT2D eigenvalue weighted by Crippen LogP contribution is -1.93. The van der Waals surface area contributed by atoms with Crippen molar-refractivity contribution < 1.29 is 8.83 Å². The van der Waals surface area contributed by atoms with Crippen LogP contribution in [0.15, 0.2) is 276 Å². The van der Waals surface area contributed by atoms with Crippen molar-refractivity contribution in [2.45, 2.75) is 0 Å². The SMILES string of the molecule is c1cc(-c2nc3c4ccccc4c4c5ccccc5oc4c3c3ccccc23)cc(-c2cccc3c2sc2ccccc23)c1.c1ccc2c(c1)cc(-c1nc3c4ccccc4c4c5ccccc5oc4c3c3ccccc13)c1ccccc12. The lowest BCUT2D eigenvalue weighted by atomic mass is 9.91. The number of thiophene rings is 1. The number of fused-ring (bicyclic) bond motifs is 26. The second kappa shape index (κ2) is 17.9. The molecule has 384 valence electrons. The number of furan rings is 2. The van der Waals surface area contributed by atoms with Crippen molar-refractivity contribution in [3.05, 3.63) is 267 Å². The van der Waals surface area contributed by atoms with Crippen LogP contribution >= 0.6 is 11.3 Å². The molecule has 0 atom stereocenters. The molecule has 0 aliphatic rings. The van der Waals surface area contributed by atoms with Gasteiger partial charge < -0.3 is 8.83 Å². The van der Waals surface area contributed by atoms with E-state index in [4.69, 9.17) is 18.8 Å². The first kappa shape index (κ1) is 46.1. The van der Waals surface area contributed by atoms with Crippen LogP contribution in [0.1, 0.15) is 0 Å². The fraction of sp³-hybridized carbons (Fsp3) is 0. The quantitative estimate of drug-likeness (QED) is 0.165. The summed E-state index contributed by atoms with van der Waals surface area (Å²) >= 11 is 1.87. The van der Waals surface area contributed by atoms with E-state index in [9.17, 15) is 0 Å². The molecule has 0 N–H and O–H groups in total. The van der Waals surface area contributed by atoms with Crippen LogP contribution in [0.4, 0.5) is 0 Å². The number of para-hydroxylation sites is 2. The van der Waals surface area contributed by atoms with Crippen LogP contribution in [0.25, 0.3) is 184 Å². The van der Waals surface area contributed by atoms with E-state index in [-0.39, 0.29) is 0 Å². The van der Waals surface area contributed by atoms with Crippen molar-refractivity contribution in [2.24, 2.45) is 0 Å². The Bertz CT molecular complexity index is 5970. The monoisotopic (exact) mass is 1070 g/mol. The molecular weight excluding hydrogens is 1030 g/mol. The van der Waals surface area contributed by atoms with Crippen molar-refractivity contribution in [1.82, 2.24) is 9.97 Å². The van der Waals surface area contributed by atoms with E-state index in [1.54, 1.807) is 0 Å². The van der Waals surface area contributed by atoms with Crippen molar-refractivity contribution in [3.8, 4) is 33.6 Å². The molecule has 0 saturated carbocycles. The third-order valence-corrected chi connectivity index (χ3v) is 18.5. The molecule has 0 spiro atoms. The Morgan fingerprint density at radius 3 is 1.33 bits per heavy atom. The summed E-state index contributed by atoms with van der Waals surface area (Å²) in [6.07, 6.45) is 0. The highest BCUT2D eigenvalue weighted by Crippen LogP contribution is 2.48. The van der Waals surface area contributed by atoms with Gasteiger partial charge >= 0.3 is 0 Å². The average Bonchev–Trinajstić information content (AvgIpc) is 3.42. The predicted octanol–water partition coefficient (Wildman–Crippen LogP) is 22.6. The Kier molecular flexibility index (Phi) is 9.93. The van der Waals surface area contributed by atoms with Gasteiger partial charge in [-0.1, -0.05) is 237 Å². The minimum atomic E-state index is 0.899. The molecule has 19 rings (SSSR count).